The predicted octanol–water partition coefficient (Wildman–Crippen LogP) is 2.78. The van der Waals surface area contributed by atoms with Crippen LogP contribution in [0, 0.1) is 0 Å². The molecular formula is C16H18N4O2S. The summed E-state index contributed by atoms with van der Waals surface area (Å²) in [6.07, 6.45) is 3.07. The van der Waals surface area contributed by atoms with Crippen LogP contribution in [0.5, 0.6) is 5.75 Å². The molecule has 0 fully saturated rings. The van der Waals surface area contributed by atoms with Gasteiger partial charge in [-0.2, -0.15) is 0 Å². The highest BCUT2D eigenvalue weighted by atomic mass is 32.1. The second kappa shape index (κ2) is 6.37. The van der Waals surface area contributed by atoms with E-state index in [1.807, 2.05) is 42.9 Å². The van der Waals surface area contributed by atoms with E-state index in [2.05, 4.69) is 15.5 Å². The number of anilines is 1. The SMILES string of the molecule is CCc1nnc(NC(=O)Cc2cn(C)c3ccc(OC)cc23)s1. The van der Waals surface area contributed by atoms with Crippen molar-refractivity contribution >= 4 is 33.3 Å². The summed E-state index contributed by atoms with van der Waals surface area (Å²) >= 11 is 1.41. The van der Waals surface area contributed by atoms with Crippen molar-refractivity contribution in [1.82, 2.24) is 14.8 Å². The second-order valence-corrected chi connectivity index (χ2v) is 6.29. The maximum Gasteiger partial charge on any atom is 0.230 e. The predicted molar refractivity (Wildman–Crippen MR) is 91.1 cm³/mol. The molecular weight excluding hydrogens is 312 g/mol. The van der Waals surface area contributed by atoms with Gasteiger partial charge in [-0.1, -0.05) is 18.3 Å². The van der Waals surface area contributed by atoms with E-state index in [9.17, 15) is 4.79 Å². The minimum Gasteiger partial charge on any atom is -0.497 e. The summed E-state index contributed by atoms with van der Waals surface area (Å²) in [4.78, 5) is 12.3. The first-order valence-corrected chi connectivity index (χ1v) is 8.16. The van der Waals surface area contributed by atoms with Gasteiger partial charge in [0.25, 0.3) is 0 Å². The number of hydrogen-bond acceptors (Lipinski definition) is 5. The van der Waals surface area contributed by atoms with Crippen LogP contribution in [0.15, 0.2) is 24.4 Å². The number of aryl methyl sites for hydroxylation is 2. The highest BCUT2D eigenvalue weighted by molar-refractivity contribution is 7.15. The molecule has 2 aromatic heterocycles. The number of nitrogens with zero attached hydrogens (tertiary/aromatic N) is 3. The number of hydrogen-bond donors (Lipinski definition) is 1. The van der Waals surface area contributed by atoms with E-state index in [4.69, 9.17) is 4.74 Å². The molecule has 6 nitrogen and oxygen atoms in total. The summed E-state index contributed by atoms with van der Waals surface area (Å²) in [5.41, 5.74) is 2.02. The first-order valence-electron chi connectivity index (χ1n) is 7.35. The molecule has 1 amide bonds. The van der Waals surface area contributed by atoms with Crippen molar-refractivity contribution in [3.8, 4) is 5.75 Å². The second-order valence-electron chi connectivity index (χ2n) is 5.23. The summed E-state index contributed by atoms with van der Waals surface area (Å²) in [6.45, 7) is 2.01. The molecule has 23 heavy (non-hydrogen) atoms. The third-order valence-corrected chi connectivity index (χ3v) is 4.63. The molecule has 1 aromatic carbocycles. The normalized spacial score (nSPS) is 10.9. The van der Waals surface area contributed by atoms with Crippen LogP contribution in [0.2, 0.25) is 0 Å². The van der Waals surface area contributed by atoms with Gasteiger partial charge in [-0.05, 0) is 30.2 Å². The molecule has 0 saturated heterocycles. The van der Waals surface area contributed by atoms with Gasteiger partial charge in [-0.25, -0.2) is 0 Å². The molecule has 0 bridgehead atoms. The number of carbonyl (C=O) groups excluding carboxylic acids is 1. The largest absolute Gasteiger partial charge is 0.497 e. The molecule has 7 heteroatoms. The summed E-state index contributed by atoms with van der Waals surface area (Å²) in [7, 11) is 3.60. The first kappa shape index (κ1) is 15.5. The van der Waals surface area contributed by atoms with Crippen molar-refractivity contribution in [3.05, 3.63) is 35.0 Å². The van der Waals surface area contributed by atoms with Crippen LogP contribution in [0.3, 0.4) is 0 Å². The Balaban J connectivity index is 1.81. The fraction of sp³-hybridized carbons (Fsp3) is 0.312. The molecule has 0 atom stereocenters. The summed E-state index contributed by atoms with van der Waals surface area (Å²) in [5, 5.41) is 13.3. The zero-order valence-corrected chi connectivity index (χ0v) is 14.1. The van der Waals surface area contributed by atoms with Crippen molar-refractivity contribution in [2.75, 3.05) is 12.4 Å². The molecule has 0 aliphatic heterocycles. The lowest BCUT2D eigenvalue weighted by atomic mass is 10.1. The van der Waals surface area contributed by atoms with Crippen molar-refractivity contribution in [3.63, 3.8) is 0 Å². The van der Waals surface area contributed by atoms with Gasteiger partial charge >= 0.3 is 0 Å². The Kier molecular flexibility index (Phi) is 4.29. The minimum atomic E-state index is -0.0980. The molecule has 2 heterocycles. The summed E-state index contributed by atoms with van der Waals surface area (Å²) in [5.74, 6) is 0.682. The number of benzene rings is 1. The highest BCUT2D eigenvalue weighted by Gasteiger charge is 2.13. The molecule has 1 N–H and O–H groups in total. The number of nitrogens with one attached hydrogen (secondary N) is 1. The molecule has 0 spiro atoms. The van der Waals surface area contributed by atoms with Gasteiger partial charge in [-0.3, -0.25) is 4.79 Å². The van der Waals surface area contributed by atoms with E-state index in [1.54, 1.807) is 7.11 Å². The van der Waals surface area contributed by atoms with Gasteiger partial charge in [0.2, 0.25) is 11.0 Å². The number of ether oxygens (including phenoxy) is 1. The third kappa shape index (κ3) is 3.19. The number of rotatable bonds is 5. The Hall–Kier alpha value is -2.41. The summed E-state index contributed by atoms with van der Waals surface area (Å²) in [6, 6.07) is 5.87. The molecule has 3 rings (SSSR count). The quantitative estimate of drug-likeness (QED) is 0.781. The Morgan fingerprint density at radius 1 is 1.39 bits per heavy atom. The Morgan fingerprint density at radius 2 is 2.22 bits per heavy atom. The van der Waals surface area contributed by atoms with Crippen LogP contribution in [0.4, 0.5) is 5.13 Å². The van der Waals surface area contributed by atoms with Crippen LogP contribution >= 0.6 is 11.3 Å². The van der Waals surface area contributed by atoms with Crippen LogP contribution in [0.25, 0.3) is 10.9 Å². The van der Waals surface area contributed by atoms with E-state index in [0.717, 1.165) is 33.6 Å². The van der Waals surface area contributed by atoms with E-state index < -0.39 is 0 Å². The van der Waals surface area contributed by atoms with Gasteiger partial charge in [-0.15, -0.1) is 10.2 Å². The van der Waals surface area contributed by atoms with Crippen LogP contribution < -0.4 is 10.1 Å². The first-order chi connectivity index (χ1) is 11.1. The van der Waals surface area contributed by atoms with Crippen molar-refractivity contribution < 1.29 is 9.53 Å². The maximum atomic E-state index is 12.3. The smallest absolute Gasteiger partial charge is 0.230 e. The zero-order valence-electron chi connectivity index (χ0n) is 13.3. The van der Waals surface area contributed by atoms with Gasteiger partial charge in [0.15, 0.2) is 0 Å². The van der Waals surface area contributed by atoms with Crippen molar-refractivity contribution in [2.45, 2.75) is 19.8 Å². The Morgan fingerprint density at radius 3 is 2.91 bits per heavy atom. The van der Waals surface area contributed by atoms with Crippen molar-refractivity contribution in [1.29, 1.82) is 0 Å². The van der Waals surface area contributed by atoms with Gasteiger partial charge in [0.1, 0.15) is 10.8 Å². The van der Waals surface area contributed by atoms with Crippen LogP contribution in [-0.4, -0.2) is 27.8 Å². The third-order valence-electron chi connectivity index (χ3n) is 3.65. The van der Waals surface area contributed by atoms with Gasteiger partial charge < -0.3 is 14.6 Å². The minimum absolute atomic E-state index is 0.0980. The average molecular weight is 330 g/mol. The average Bonchev–Trinajstić information content (AvgIpc) is 3.12. The fourth-order valence-electron chi connectivity index (χ4n) is 2.50. The maximum absolute atomic E-state index is 12.3. The Labute approximate surface area is 138 Å². The van der Waals surface area contributed by atoms with E-state index >= 15 is 0 Å². The molecule has 0 radical (unpaired) electrons. The topological polar surface area (TPSA) is 69.0 Å². The monoisotopic (exact) mass is 330 g/mol. The lowest BCUT2D eigenvalue weighted by Crippen LogP contribution is -2.14. The number of aromatic nitrogens is 3. The summed E-state index contributed by atoms with van der Waals surface area (Å²) < 4.78 is 7.29. The number of amides is 1. The molecule has 0 aliphatic rings. The lowest BCUT2D eigenvalue weighted by molar-refractivity contribution is -0.115. The van der Waals surface area contributed by atoms with E-state index in [-0.39, 0.29) is 12.3 Å². The fourth-order valence-corrected chi connectivity index (χ4v) is 3.20. The number of fused-ring (bicyclic) bond motifs is 1. The molecule has 3 aromatic rings. The highest BCUT2D eigenvalue weighted by Crippen LogP contribution is 2.26. The van der Waals surface area contributed by atoms with Gasteiger partial charge in [0.05, 0.1) is 13.5 Å². The molecule has 120 valence electrons. The van der Waals surface area contributed by atoms with E-state index in [0.29, 0.717) is 5.13 Å². The van der Waals surface area contributed by atoms with Crippen LogP contribution in [0.1, 0.15) is 17.5 Å². The molecule has 0 saturated carbocycles. The van der Waals surface area contributed by atoms with E-state index in [1.165, 1.54) is 11.3 Å². The standard InChI is InChI=1S/C16H18N4O2S/c1-4-15-18-19-16(23-15)17-14(21)7-10-9-20(2)13-6-5-11(22-3)8-12(10)13/h5-6,8-9H,4,7H2,1-3H3,(H,17,19,21). The zero-order chi connectivity index (χ0) is 16.4. The van der Waals surface area contributed by atoms with Gasteiger partial charge in [0, 0.05) is 24.1 Å². The molecule has 0 aliphatic carbocycles. The number of methoxy groups -OCH3 is 1. The van der Waals surface area contributed by atoms with Crippen LogP contribution in [-0.2, 0) is 24.7 Å². The molecule has 0 unspecified atom stereocenters. The van der Waals surface area contributed by atoms with Crippen molar-refractivity contribution in [2.24, 2.45) is 7.05 Å². The number of carbonyl (C=O) groups is 1. The lowest BCUT2D eigenvalue weighted by Gasteiger charge is -2.02. The Bertz CT molecular complexity index is 853.